The lowest BCUT2D eigenvalue weighted by Gasteiger charge is -2.15. The summed E-state index contributed by atoms with van der Waals surface area (Å²) in [6, 6.07) is 22.9. The van der Waals surface area contributed by atoms with Crippen molar-refractivity contribution in [2.45, 2.75) is 30.1 Å². The van der Waals surface area contributed by atoms with Crippen LogP contribution in [0.25, 0.3) is 10.8 Å². The summed E-state index contributed by atoms with van der Waals surface area (Å²) < 4.78 is 60.2. The maximum atomic E-state index is 13.3. The molecule has 0 unspecified atom stereocenters. The molecular weight excluding hydrogens is 458 g/mol. The Morgan fingerprint density at radius 2 is 1.42 bits per heavy atom. The van der Waals surface area contributed by atoms with Crippen molar-refractivity contribution in [1.82, 2.24) is 0 Å². The third kappa shape index (κ3) is 4.72. The highest BCUT2D eigenvalue weighted by molar-refractivity contribution is 7.93. The number of benzene rings is 4. The van der Waals surface area contributed by atoms with Crippen LogP contribution in [0.1, 0.15) is 18.1 Å². The van der Waals surface area contributed by atoms with E-state index < -0.39 is 20.1 Å². The van der Waals surface area contributed by atoms with E-state index in [4.69, 9.17) is 4.18 Å². The Kier molecular flexibility index (Phi) is 6.14. The van der Waals surface area contributed by atoms with Gasteiger partial charge in [-0.3, -0.25) is 4.72 Å². The van der Waals surface area contributed by atoms with Gasteiger partial charge in [0.2, 0.25) is 0 Å². The Bertz CT molecular complexity index is 1530. The van der Waals surface area contributed by atoms with Crippen LogP contribution in [0.15, 0.2) is 94.7 Å². The van der Waals surface area contributed by atoms with Crippen LogP contribution in [0, 0.1) is 6.92 Å². The van der Waals surface area contributed by atoms with Crippen molar-refractivity contribution in [1.29, 1.82) is 0 Å². The van der Waals surface area contributed by atoms with Gasteiger partial charge in [-0.1, -0.05) is 67.1 Å². The molecule has 4 aromatic carbocycles. The van der Waals surface area contributed by atoms with Crippen LogP contribution in [-0.4, -0.2) is 16.8 Å². The summed E-state index contributed by atoms with van der Waals surface area (Å²) in [5.41, 5.74) is 2.30. The quantitative estimate of drug-likeness (QED) is 0.363. The van der Waals surface area contributed by atoms with E-state index in [0.29, 0.717) is 22.9 Å². The molecule has 0 amide bonds. The van der Waals surface area contributed by atoms with E-state index in [1.807, 2.05) is 26.0 Å². The molecule has 0 aromatic heterocycles. The number of hydrogen-bond donors (Lipinski definition) is 1. The topological polar surface area (TPSA) is 89.5 Å². The maximum Gasteiger partial charge on any atom is 0.339 e. The fourth-order valence-corrected chi connectivity index (χ4v) is 5.83. The lowest BCUT2D eigenvalue weighted by atomic mass is 10.1. The number of aryl methyl sites for hydroxylation is 2. The molecule has 0 aliphatic heterocycles. The molecule has 0 saturated carbocycles. The molecule has 170 valence electrons. The maximum absolute atomic E-state index is 13.3. The second-order valence-electron chi connectivity index (χ2n) is 7.57. The molecule has 0 aliphatic carbocycles. The van der Waals surface area contributed by atoms with E-state index in [0.717, 1.165) is 11.1 Å². The van der Waals surface area contributed by atoms with Crippen molar-refractivity contribution in [2.75, 3.05) is 4.72 Å². The fraction of sp³-hybridized carbons (Fsp3) is 0.120. The summed E-state index contributed by atoms with van der Waals surface area (Å²) in [4.78, 5) is 0.0517. The Balaban J connectivity index is 1.76. The number of para-hydroxylation sites is 1. The van der Waals surface area contributed by atoms with Gasteiger partial charge in [-0.15, -0.1) is 0 Å². The standard InChI is InChI=1S/C25H23NO5S2/c1-3-19-8-4-5-11-23(19)26-32(27,28)25-13-7-9-21-22(25)10-6-12-24(21)31-33(29,30)20-16-14-18(2)15-17-20/h4-17,26H,3H2,1-2H3. The van der Waals surface area contributed by atoms with Crippen molar-refractivity contribution in [3.8, 4) is 5.75 Å². The molecule has 0 atom stereocenters. The average Bonchev–Trinajstić information content (AvgIpc) is 2.79. The first-order chi connectivity index (χ1) is 15.7. The first-order valence-electron chi connectivity index (χ1n) is 10.3. The van der Waals surface area contributed by atoms with Crippen LogP contribution in [0.4, 0.5) is 5.69 Å². The number of sulfonamides is 1. The van der Waals surface area contributed by atoms with Gasteiger partial charge in [0.05, 0.1) is 10.6 Å². The van der Waals surface area contributed by atoms with E-state index in [1.54, 1.807) is 48.5 Å². The van der Waals surface area contributed by atoms with Crippen LogP contribution in [0.3, 0.4) is 0 Å². The first kappa shape index (κ1) is 22.8. The summed E-state index contributed by atoms with van der Waals surface area (Å²) >= 11 is 0. The van der Waals surface area contributed by atoms with Gasteiger partial charge < -0.3 is 4.18 Å². The molecule has 8 heteroatoms. The molecule has 4 rings (SSSR count). The second kappa shape index (κ2) is 8.88. The minimum absolute atomic E-state index is 0.0201. The highest BCUT2D eigenvalue weighted by atomic mass is 32.2. The fourth-order valence-electron chi connectivity index (χ4n) is 3.56. The van der Waals surface area contributed by atoms with Gasteiger partial charge in [-0.25, -0.2) is 8.42 Å². The van der Waals surface area contributed by atoms with Gasteiger partial charge in [-0.05, 0) is 49.2 Å². The second-order valence-corrected chi connectivity index (χ2v) is 10.8. The van der Waals surface area contributed by atoms with Crippen molar-refractivity contribution >= 4 is 36.6 Å². The van der Waals surface area contributed by atoms with E-state index >= 15 is 0 Å². The van der Waals surface area contributed by atoms with E-state index in [-0.39, 0.29) is 15.5 Å². The number of fused-ring (bicyclic) bond motifs is 1. The number of nitrogens with one attached hydrogen (secondary N) is 1. The molecule has 0 spiro atoms. The zero-order chi connectivity index (χ0) is 23.6. The molecule has 6 nitrogen and oxygen atoms in total. The normalized spacial score (nSPS) is 11.9. The lowest BCUT2D eigenvalue weighted by Crippen LogP contribution is -2.15. The average molecular weight is 482 g/mol. The van der Waals surface area contributed by atoms with Crippen molar-refractivity contribution < 1.29 is 21.0 Å². The van der Waals surface area contributed by atoms with E-state index in [2.05, 4.69) is 4.72 Å². The molecule has 0 fully saturated rings. The molecule has 1 N–H and O–H groups in total. The number of anilines is 1. The van der Waals surface area contributed by atoms with Gasteiger partial charge in [0.25, 0.3) is 10.0 Å². The van der Waals surface area contributed by atoms with Crippen molar-refractivity contribution in [2.24, 2.45) is 0 Å². The number of rotatable bonds is 7. The molecule has 0 aliphatic rings. The monoisotopic (exact) mass is 481 g/mol. The highest BCUT2D eigenvalue weighted by Crippen LogP contribution is 2.33. The van der Waals surface area contributed by atoms with Gasteiger partial charge in [0.1, 0.15) is 4.90 Å². The van der Waals surface area contributed by atoms with Crippen LogP contribution < -0.4 is 8.91 Å². The van der Waals surface area contributed by atoms with Crippen LogP contribution in [0.2, 0.25) is 0 Å². The predicted molar refractivity (Wildman–Crippen MR) is 130 cm³/mol. The Morgan fingerprint density at radius 3 is 2.15 bits per heavy atom. The lowest BCUT2D eigenvalue weighted by molar-refractivity contribution is 0.488. The SMILES string of the molecule is CCc1ccccc1NS(=O)(=O)c1cccc2c(OS(=O)(=O)c3ccc(C)cc3)cccc12. The minimum Gasteiger partial charge on any atom is -0.378 e. The Morgan fingerprint density at radius 1 is 0.758 bits per heavy atom. The molecule has 0 heterocycles. The van der Waals surface area contributed by atoms with Gasteiger partial charge in [-0.2, -0.15) is 8.42 Å². The molecule has 0 bridgehead atoms. The summed E-state index contributed by atoms with van der Waals surface area (Å²) in [6.07, 6.45) is 0.670. The Hall–Kier alpha value is -3.36. The van der Waals surface area contributed by atoms with Gasteiger partial charge >= 0.3 is 10.1 Å². The smallest absolute Gasteiger partial charge is 0.339 e. The Labute approximate surface area is 194 Å². The largest absolute Gasteiger partial charge is 0.378 e. The van der Waals surface area contributed by atoms with Gasteiger partial charge in [0.15, 0.2) is 5.75 Å². The van der Waals surface area contributed by atoms with Crippen molar-refractivity contribution in [3.63, 3.8) is 0 Å². The summed E-state index contributed by atoms with van der Waals surface area (Å²) in [7, 11) is -8.04. The highest BCUT2D eigenvalue weighted by Gasteiger charge is 2.22. The minimum atomic E-state index is -4.09. The van der Waals surface area contributed by atoms with Crippen LogP contribution >= 0.6 is 0 Å². The molecule has 33 heavy (non-hydrogen) atoms. The third-order valence-electron chi connectivity index (χ3n) is 5.28. The molecule has 4 aromatic rings. The van der Waals surface area contributed by atoms with Gasteiger partial charge in [0, 0.05) is 10.8 Å². The molecular formula is C25H23NO5S2. The van der Waals surface area contributed by atoms with Crippen molar-refractivity contribution in [3.05, 3.63) is 96.1 Å². The number of hydrogen-bond acceptors (Lipinski definition) is 5. The molecule has 0 saturated heterocycles. The van der Waals surface area contributed by atoms with E-state index in [1.165, 1.54) is 24.3 Å². The summed E-state index contributed by atoms with van der Waals surface area (Å²) in [5.74, 6) is 0.0547. The summed E-state index contributed by atoms with van der Waals surface area (Å²) in [5, 5.41) is 0.732. The zero-order valence-corrected chi connectivity index (χ0v) is 19.8. The summed E-state index contributed by atoms with van der Waals surface area (Å²) in [6.45, 7) is 3.81. The van der Waals surface area contributed by atoms with Crippen LogP contribution in [0.5, 0.6) is 5.75 Å². The first-order valence-corrected chi connectivity index (χ1v) is 13.2. The third-order valence-corrected chi connectivity index (χ3v) is 7.96. The predicted octanol–water partition coefficient (Wildman–Crippen LogP) is 5.28. The van der Waals surface area contributed by atoms with Crippen LogP contribution in [-0.2, 0) is 26.6 Å². The molecule has 0 radical (unpaired) electrons. The zero-order valence-electron chi connectivity index (χ0n) is 18.1. The van der Waals surface area contributed by atoms with E-state index in [9.17, 15) is 16.8 Å².